The molecule has 76 valence electrons. The summed E-state index contributed by atoms with van der Waals surface area (Å²) in [6.45, 7) is 4.60. The van der Waals surface area contributed by atoms with Gasteiger partial charge in [0.05, 0.1) is 0 Å². The Morgan fingerprint density at radius 3 is 2.64 bits per heavy atom. The van der Waals surface area contributed by atoms with Gasteiger partial charge in [-0.2, -0.15) is 0 Å². The Kier molecular flexibility index (Phi) is 2.90. The van der Waals surface area contributed by atoms with Crippen LogP contribution in [0.4, 0.5) is 0 Å². The summed E-state index contributed by atoms with van der Waals surface area (Å²) in [6.07, 6.45) is 5.66. The number of hydrogen-bond donors (Lipinski definition) is 0. The van der Waals surface area contributed by atoms with E-state index in [0.717, 1.165) is 11.8 Å². The molecular weight excluding hydrogens is 168 g/mol. The van der Waals surface area contributed by atoms with Gasteiger partial charge in [0.25, 0.3) is 0 Å². The lowest BCUT2D eigenvalue weighted by molar-refractivity contribution is 0.330. The Hall–Kier alpha value is -0.780. The first-order chi connectivity index (χ1) is 6.77. The predicted octanol–water partition coefficient (Wildman–Crippen LogP) is 4.29. The smallest absolute Gasteiger partial charge is 0.0136 e. The van der Waals surface area contributed by atoms with Crippen molar-refractivity contribution in [3.63, 3.8) is 0 Å². The van der Waals surface area contributed by atoms with Gasteiger partial charge in [0.15, 0.2) is 0 Å². The molecule has 0 N–H and O–H groups in total. The van der Waals surface area contributed by atoms with Crippen molar-refractivity contribution in [2.24, 2.45) is 5.92 Å². The van der Waals surface area contributed by atoms with Crippen LogP contribution >= 0.6 is 0 Å². The van der Waals surface area contributed by atoms with E-state index >= 15 is 0 Å². The van der Waals surface area contributed by atoms with Crippen molar-refractivity contribution in [3.8, 4) is 0 Å². The molecule has 2 rings (SSSR count). The third kappa shape index (κ3) is 2.00. The van der Waals surface area contributed by atoms with Crippen molar-refractivity contribution >= 4 is 0 Å². The molecule has 0 aromatic heterocycles. The first kappa shape index (κ1) is 9.76. The first-order valence-corrected chi connectivity index (χ1v) is 5.84. The molecule has 0 amide bonds. The average molecular weight is 188 g/mol. The molecule has 0 bridgehead atoms. The van der Waals surface area contributed by atoms with Crippen LogP contribution in [0.15, 0.2) is 24.3 Å². The molecule has 0 nitrogen and oxygen atoms in total. The van der Waals surface area contributed by atoms with Crippen molar-refractivity contribution in [1.82, 2.24) is 0 Å². The number of hydrogen-bond acceptors (Lipinski definition) is 0. The Morgan fingerprint density at radius 2 is 1.93 bits per heavy atom. The van der Waals surface area contributed by atoms with E-state index in [1.165, 1.54) is 31.2 Å². The number of aryl methyl sites for hydroxylation is 1. The van der Waals surface area contributed by atoms with Gasteiger partial charge in [0.1, 0.15) is 0 Å². The van der Waals surface area contributed by atoms with E-state index in [9.17, 15) is 0 Å². The van der Waals surface area contributed by atoms with Crippen LogP contribution in [0.3, 0.4) is 0 Å². The molecule has 0 heterocycles. The van der Waals surface area contributed by atoms with Crippen molar-refractivity contribution in [3.05, 3.63) is 35.4 Å². The summed E-state index contributed by atoms with van der Waals surface area (Å²) in [6, 6.07) is 9.06. The van der Waals surface area contributed by atoms with Gasteiger partial charge < -0.3 is 0 Å². The van der Waals surface area contributed by atoms with E-state index in [1.54, 1.807) is 5.56 Å². The highest BCUT2D eigenvalue weighted by Crippen LogP contribution is 2.37. The second-order valence-corrected chi connectivity index (χ2v) is 4.78. The average Bonchev–Trinajstić information content (AvgIpc) is 2.18. The Morgan fingerprint density at radius 1 is 1.14 bits per heavy atom. The molecule has 2 atom stereocenters. The Labute approximate surface area is 87.3 Å². The summed E-state index contributed by atoms with van der Waals surface area (Å²) in [5, 5.41) is 0. The molecule has 1 aliphatic rings. The highest BCUT2D eigenvalue weighted by Gasteiger charge is 2.22. The fraction of sp³-hybridized carbons (Fsp3) is 0.571. The topological polar surface area (TPSA) is 0 Å². The number of benzene rings is 1. The van der Waals surface area contributed by atoms with E-state index < -0.39 is 0 Å². The van der Waals surface area contributed by atoms with E-state index in [2.05, 4.69) is 38.1 Å². The normalized spacial score (nSPS) is 27.6. The first-order valence-electron chi connectivity index (χ1n) is 5.84. The van der Waals surface area contributed by atoms with Crippen LogP contribution in [0.2, 0.25) is 0 Å². The molecule has 0 heteroatoms. The largest absolute Gasteiger partial charge is 0.0619 e. The van der Waals surface area contributed by atoms with Crippen LogP contribution in [-0.2, 0) is 0 Å². The fourth-order valence-corrected chi connectivity index (χ4v) is 2.71. The molecule has 1 aromatic rings. The van der Waals surface area contributed by atoms with Crippen LogP contribution in [0.25, 0.3) is 0 Å². The van der Waals surface area contributed by atoms with Gasteiger partial charge in [0, 0.05) is 0 Å². The van der Waals surface area contributed by atoms with Crippen molar-refractivity contribution < 1.29 is 0 Å². The van der Waals surface area contributed by atoms with Gasteiger partial charge in [0.2, 0.25) is 0 Å². The highest BCUT2D eigenvalue weighted by atomic mass is 14.3. The predicted molar refractivity (Wildman–Crippen MR) is 61.6 cm³/mol. The summed E-state index contributed by atoms with van der Waals surface area (Å²) < 4.78 is 0. The van der Waals surface area contributed by atoms with Crippen LogP contribution in [-0.4, -0.2) is 0 Å². The number of rotatable bonds is 1. The molecule has 1 aromatic carbocycles. The Bertz CT molecular complexity index is 301. The lowest BCUT2D eigenvalue weighted by Crippen LogP contribution is -2.14. The van der Waals surface area contributed by atoms with E-state index in [4.69, 9.17) is 0 Å². The maximum absolute atomic E-state index is 2.41. The third-order valence-electron chi connectivity index (χ3n) is 3.58. The third-order valence-corrected chi connectivity index (χ3v) is 3.58. The fourth-order valence-electron chi connectivity index (χ4n) is 2.71. The summed E-state index contributed by atoms with van der Waals surface area (Å²) in [4.78, 5) is 0. The van der Waals surface area contributed by atoms with Gasteiger partial charge in [-0.1, -0.05) is 56.0 Å². The lowest BCUT2D eigenvalue weighted by Gasteiger charge is -2.29. The molecule has 14 heavy (non-hydrogen) atoms. The van der Waals surface area contributed by atoms with Gasteiger partial charge in [-0.3, -0.25) is 0 Å². The quantitative estimate of drug-likeness (QED) is 0.616. The molecular formula is C14H20. The SMILES string of the molecule is Cc1cccc([C@H]2CCCC[C@@H]2C)c1. The monoisotopic (exact) mass is 188 g/mol. The van der Waals surface area contributed by atoms with Gasteiger partial charge in [-0.15, -0.1) is 0 Å². The van der Waals surface area contributed by atoms with Gasteiger partial charge >= 0.3 is 0 Å². The minimum Gasteiger partial charge on any atom is -0.0619 e. The standard InChI is InChI=1S/C14H20/c1-11-6-5-8-13(10-11)14-9-4-3-7-12(14)2/h5-6,8,10,12,14H,3-4,7,9H2,1-2H3/t12-,14-/m0/s1. The molecule has 0 aliphatic heterocycles. The van der Waals surface area contributed by atoms with E-state index in [1.807, 2.05) is 0 Å². The zero-order valence-electron chi connectivity index (χ0n) is 9.29. The molecule has 0 spiro atoms. The minimum atomic E-state index is 0.823. The van der Waals surface area contributed by atoms with E-state index in [0.29, 0.717) is 0 Å². The molecule has 1 aliphatic carbocycles. The molecule has 1 fully saturated rings. The maximum Gasteiger partial charge on any atom is -0.0136 e. The van der Waals surface area contributed by atoms with Crippen LogP contribution in [0.5, 0.6) is 0 Å². The molecule has 0 unspecified atom stereocenters. The van der Waals surface area contributed by atoms with Crippen molar-refractivity contribution in [2.75, 3.05) is 0 Å². The van der Waals surface area contributed by atoms with Crippen LogP contribution < -0.4 is 0 Å². The summed E-state index contributed by atoms with van der Waals surface area (Å²) in [5.74, 6) is 1.70. The van der Waals surface area contributed by atoms with Crippen LogP contribution in [0, 0.1) is 12.8 Å². The summed E-state index contributed by atoms with van der Waals surface area (Å²) in [7, 11) is 0. The second kappa shape index (κ2) is 4.16. The molecule has 1 saturated carbocycles. The zero-order chi connectivity index (χ0) is 9.97. The highest BCUT2D eigenvalue weighted by molar-refractivity contribution is 5.26. The van der Waals surface area contributed by atoms with Crippen molar-refractivity contribution in [1.29, 1.82) is 0 Å². The van der Waals surface area contributed by atoms with Gasteiger partial charge in [-0.25, -0.2) is 0 Å². The Balaban J connectivity index is 2.20. The van der Waals surface area contributed by atoms with E-state index in [-0.39, 0.29) is 0 Å². The van der Waals surface area contributed by atoms with Gasteiger partial charge in [-0.05, 0) is 30.7 Å². The van der Waals surface area contributed by atoms with Crippen LogP contribution in [0.1, 0.15) is 49.7 Å². The minimum absolute atomic E-state index is 0.823. The summed E-state index contributed by atoms with van der Waals surface area (Å²) in [5.41, 5.74) is 2.97. The summed E-state index contributed by atoms with van der Waals surface area (Å²) >= 11 is 0. The zero-order valence-corrected chi connectivity index (χ0v) is 9.29. The molecule has 0 saturated heterocycles. The second-order valence-electron chi connectivity index (χ2n) is 4.78. The lowest BCUT2D eigenvalue weighted by atomic mass is 9.76. The van der Waals surface area contributed by atoms with Crippen molar-refractivity contribution in [2.45, 2.75) is 45.4 Å². The molecule has 0 radical (unpaired) electrons. The maximum atomic E-state index is 2.41.